The molecular formula is C39H66N8O13. The van der Waals surface area contributed by atoms with E-state index in [1.807, 2.05) is 6.92 Å². The quantitative estimate of drug-likeness (QED) is 0.112. The third-order valence-electron chi connectivity index (χ3n) is 12.1. The van der Waals surface area contributed by atoms with Crippen molar-refractivity contribution < 1.29 is 63.7 Å². The normalized spacial score (nSPS) is 33.3. The van der Waals surface area contributed by atoms with Crippen LogP contribution in [0.15, 0.2) is 0 Å². The molecule has 0 unspecified atom stereocenters. The fraction of sp³-hybridized carbons (Fsp3) is 0.821. The molecule has 4 aliphatic heterocycles. The molecule has 8 N–H and O–H groups in total. The van der Waals surface area contributed by atoms with Crippen LogP contribution in [0.4, 0.5) is 0 Å². The zero-order chi connectivity index (χ0) is 44.9. The number of hydrogen-bond donors (Lipinski definition) is 8. The van der Waals surface area contributed by atoms with Crippen molar-refractivity contribution in [2.45, 2.75) is 167 Å². The second-order valence-electron chi connectivity index (χ2n) is 17.3. The highest BCUT2D eigenvalue weighted by molar-refractivity contribution is 5.97. The smallest absolute Gasteiger partial charge is 0.331 e. The Hall–Kier alpha value is -3.99. The summed E-state index contributed by atoms with van der Waals surface area (Å²) in [5.41, 5.74) is 2.86. The molecule has 0 aliphatic carbocycles. The van der Waals surface area contributed by atoms with Crippen molar-refractivity contribution in [2.24, 2.45) is 17.8 Å². The van der Waals surface area contributed by atoms with E-state index < -0.39 is 108 Å². The van der Waals surface area contributed by atoms with Crippen LogP contribution in [0.5, 0.6) is 0 Å². The highest BCUT2D eigenvalue weighted by atomic mass is 16.6. The molecule has 21 nitrogen and oxygen atoms in total. The molecular weight excluding hydrogens is 788 g/mol. The fourth-order valence-electron chi connectivity index (χ4n) is 8.06. The predicted molar refractivity (Wildman–Crippen MR) is 209 cm³/mol. The number of amides is 6. The van der Waals surface area contributed by atoms with Crippen LogP contribution < -0.4 is 21.5 Å². The average Bonchev–Trinajstić information content (AvgIpc) is 3.23. The van der Waals surface area contributed by atoms with Crippen LogP contribution in [0.1, 0.15) is 113 Å². The van der Waals surface area contributed by atoms with Crippen LogP contribution in [0.3, 0.4) is 0 Å². The van der Waals surface area contributed by atoms with Gasteiger partial charge in [0.15, 0.2) is 11.6 Å². The van der Waals surface area contributed by atoms with Crippen molar-refractivity contribution in [3.8, 4) is 0 Å². The Morgan fingerprint density at radius 2 is 1.47 bits per heavy atom. The monoisotopic (exact) mass is 854 g/mol. The number of fused-ring (bicyclic) bond motifs is 2. The second-order valence-corrected chi connectivity index (χ2v) is 17.3. The van der Waals surface area contributed by atoms with E-state index in [0.717, 1.165) is 36.7 Å². The molecule has 6 amide bonds. The Morgan fingerprint density at radius 3 is 2.03 bits per heavy atom. The molecule has 340 valence electrons. The van der Waals surface area contributed by atoms with E-state index in [9.17, 15) is 54.2 Å². The van der Waals surface area contributed by atoms with Crippen LogP contribution >= 0.6 is 0 Å². The second kappa shape index (κ2) is 20.3. The van der Waals surface area contributed by atoms with Gasteiger partial charge in [0.2, 0.25) is 11.7 Å². The first kappa shape index (κ1) is 48.7. The predicted octanol–water partition coefficient (Wildman–Crippen LogP) is -0.546. The molecule has 0 spiro atoms. The van der Waals surface area contributed by atoms with E-state index in [0.29, 0.717) is 31.6 Å². The molecule has 4 rings (SSSR count). The lowest BCUT2D eigenvalue weighted by atomic mass is 9.79. The molecule has 10 atom stereocenters. The summed E-state index contributed by atoms with van der Waals surface area (Å²) in [4.78, 5) is 97.0. The van der Waals surface area contributed by atoms with Crippen LogP contribution in [0.2, 0.25) is 0 Å². The Bertz CT molecular complexity index is 1600. The number of rotatable bonds is 8. The lowest BCUT2D eigenvalue weighted by Crippen LogP contribution is -2.70. The lowest BCUT2D eigenvalue weighted by Gasteiger charge is -2.48. The summed E-state index contributed by atoms with van der Waals surface area (Å²) in [5.74, 6) is -10.3. The summed E-state index contributed by atoms with van der Waals surface area (Å²) in [6, 6.07) is -8.05. The van der Waals surface area contributed by atoms with Crippen molar-refractivity contribution in [1.29, 1.82) is 0 Å². The van der Waals surface area contributed by atoms with Crippen molar-refractivity contribution >= 4 is 41.4 Å². The molecule has 0 aromatic heterocycles. The number of cyclic esters (lactones) is 1. The van der Waals surface area contributed by atoms with E-state index in [2.05, 4.69) is 35.3 Å². The Balaban J connectivity index is 1.76. The third-order valence-corrected chi connectivity index (χ3v) is 12.1. The summed E-state index contributed by atoms with van der Waals surface area (Å²) < 4.78 is 11.9. The van der Waals surface area contributed by atoms with E-state index in [4.69, 9.17) is 9.47 Å². The standard InChI is InChI=1S/C39H66N8O13/c1-9-28-25(15-14-21(2)3)16-17-39(56,60-28)38(8,55)37(54)43-30-31(22(4)5)59-36(53)24(7)47(58)33(50)26-12-10-18-41-44(26)29(48)20-40-32(49)23(6)46(57)34(51)27-13-11-19-42-45(27)35(30)52/h21-28,30-31,41-42,55-58H,9-20H2,1-8H3,(H,40,49)(H,43,54)/t23-,24+,25-,26-,27+,28+,30-,31-,38-,39-/m0/s1. The van der Waals surface area contributed by atoms with Crippen molar-refractivity contribution in [3.05, 3.63) is 0 Å². The van der Waals surface area contributed by atoms with Gasteiger partial charge in [-0.2, -0.15) is 0 Å². The Morgan fingerprint density at radius 1 is 0.900 bits per heavy atom. The fourth-order valence-corrected chi connectivity index (χ4v) is 8.06. The summed E-state index contributed by atoms with van der Waals surface area (Å²) in [5, 5.41) is 52.7. The molecule has 60 heavy (non-hydrogen) atoms. The minimum atomic E-state index is -2.70. The maximum absolute atomic E-state index is 14.8. The Labute approximate surface area is 350 Å². The highest BCUT2D eigenvalue weighted by Gasteiger charge is 2.57. The Kier molecular flexibility index (Phi) is 16.4. The number of carbonyl (C=O) groups excluding carboxylic acids is 7. The summed E-state index contributed by atoms with van der Waals surface area (Å²) in [7, 11) is 0. The molecule has 0 aromatic rings. The van der Waals surface area contributed by atoms with Crippen molar-refractivity contribution in [1.82, 2.24) is 41.6 Å². The highest BCUT2D eigenvalue weighted by Crippen LogP contribution is 2.41. The van der Waals surface area contributed by atoms with E-state index in [-0.39, 0.29) is 48.4 Å². The number of esters is 1. The van der Waals surface area contributed by atoms with Crippen LogP contribution in [0, 0.1) is 17.8 Å². The van der Waals surface area contributed by atoms with Gasteiger partial charge in [0.05, 0.1) is 12.6 Å². The van der Waals surface area contributed by atoms with Gasteiger partial charge >= 0.3 is 5.97 Å². The minimum Gasteiger partial charge on any atom is -0.458 e. The van der Waals surface area contributed by atoms with Crippen LogP contribution in [0.25, 0.3) is 0 Å². The van der Waals surface area contributed by atoms with Gasteiger partial charge in [-0.05, 0) is 83.5 Å². The average molecular weight is 855 g/mol. The maximum atomic E-state index is 14.8. The maximum Gasteiger partial charge on any atom is 0.331 e. The molecule has 21 heteroatoms. The first-order valence-electron chi connectivity index (χ1n) is 21.2. The summed E-state index contributed by atoms with van der Waals surface area (Å²) in [6.45, 7) is 12.2. The number of nitrogens with zero attached hydrogens (tertiary/aromatic N) is 4. The molecule has 0 bridgehead atoms. The van der Waals surface area contributed by atoms with E-state index in [1.165, 1.54) is 6.92 Å². The van der Waals surface area contributed by atoms with Crippen molar-refractivity contribution in [3.63, 3.8) is 0 Å². The molecule has 4 aliphatic rings. The number of hydroxylamine groups is 4. The number of nitrogens with one attached hydrogen (secondary N) is 4. The first-order chi connectivity index (χ1) is 28.1. The number of aliphatic hydroxyl groups is 2. The van der Waals surface area contributed by atoms with Gasteiger partial charge in [-0.3, -0.25) is 49.2 Å². The lowest BCUT2D eigenvalue weighted by molar-refractivity contribution is -0.328. The van der Waals surface area contributed by atoms with Gasteiger partial charge in [0, 0.05) is 19.5 Å². The van der Waals surface area contributed by atoms with Crippen molar-refractivity contribution in [2.75, 3.05) is 19.6 Å². The van der Waals surface area contributed by atoms with Gasteiger partial charge in [-0.1, -0.05) is 41.0 Å². The molecule has 4 fully saturated rings. The summed E-state index contributed by atoms with van der Waals surface area (Å²) in [6.07, 6.45) is 1.09. The number of hydrogen-bond acceptors (Lipinski definition) is 15. The van der Waals surface area contributed by atoms with Crippen LogP contribution in [-0.2, 0) is 43.0 Å². The first-order valence-corrected chi connectivity index (χ1v) is 21.2. The number of ether oxygens (including phenoxy) is 2. The van der Waals surface area contributed by atoms with Gasteiger partial charge in [-0.15, -0.1) is 0 Å². The largest absolute Gasteiger partial charge is 0.458 e. The molecule has 0 aromatic carbocycles. The topological polar surface area (TPSA) is 280 Å². The molecule has 4 heterocycles. The number of hydrazine groups is 2. The van der Waals surface area contributed by atoms with E-state index >= 15 is 0 Å². The van der Waals surface area contributed by atoms with Crippen LogP contribution in [-0.4, -0.2) is 156 Å². The van der Waals surface area contributed by atoms with E-state index in [1.54, 1.807) is 13.8 Å². The van der Waals surface area contributed by atoms with Gasteiger partial charge in [0.25, 0.3) is 29.5 Å². The summed E-state index contributed by atoms with van der Waals surface area (Å²) >= 11 is 0. The molecule has 0 radical (unpaired) electrons. The SMILES string of the molecule is CC[C@H]1O[C@](O)([C@@](C)(O)C(=O)N[C@@H]2C(=O)N3NCCC[C@@H]3C(=O)N(O)[C@@H](C)C(=O)NCC(=O)N3NCCC[C@H]3C(=O)N(O)[C@H](C)C(=O)O[C@H]2C(C)C)CC[C@@H]1CCC(C)C. The molecule has 4 saturated heterocycles. The zero-order valence-corrected chi connectivity index (χ0v) is 36.0. The van der Waals surface area contributed by atoms with Gasteiger partial charge < -0.3 is 30.3 Å². The third kappa shape index (κ3) is 10.5. The van der Waals surface area contributed by atoms with Gasteiger partial charge in [-0.25, -0.2) is 25.8 Å². The van der Waals surface area contributed by atoms with Gasteiger partial charge in [0.1, 0.15) is 30.3 Å². The molecule has 0 saturated carbocycles. The number of carbonyl (C=O) groups is 7. The minimum absolute atomic E-state index is 0.0312. The zero-order valence-electron chi connectivity index (χ0n) is 36.0.